The largest absolute Gasteiger partial charge is 0.330 e. The first-order valence-corrected chi connectivity index (χ1v) is 8.60. The van der Waals surface area contributed by atoms with Gasteiger partial charge in [0.25, 0.3) is 10.0 Å². The first-order valence-electron chi connectivity index (χ1n) is 6.35. The van der Waals surface area contributed by atoms with Crippen molar-refractivity contribution >= 4 is 21.4 Å². The topological polar surface area (TPSA) is 63.4 Å². The zero-order chi connectivity index (χ0) is 13.6. The second kappa shape index (κ2) is 7.23. The number of thiophene rings is 1. The molecule has 0 spiro atoms. The Bertz CT molecular complexity index is 448. The Morgan fingerprint density at radius 1 is 1.22 bits per heavy atom. The molecule has 1 aromatic heterocycles. The van der Waals surface area contributed by atoms with Gasteiger partial charge in [-0.05, 0) is 37.9 Å². The number of hydrogen-bond acceptors (Lipinski definition) is 4. The standard InChI is InChI=1S/C12H22N2O2S2/c1-3-9-14(10-4-2)18(15,16)12-6-5-11(17-12)7-8-13/h5-6H,3-4,7-10,13H2,1-2H3. The third-order valence-corrected chi connectivity index (χ3v) is 6.08. The maximum atomic E-state index is 12.4. The van der Waals surface area contributed by atoms with Crippen LogP contribution in [0.15, 0.2) is 16.3 Å². The molecule has 1 aromatic rings. The molecular formula is C12H22N2O2S2. The molecule has 0 aliphatic carbocycles. The molecule has 104 valence electrons. The van der Waals surface area contributed by atoms with Crippen LogP contribution in [0.5, 0.6) is 0 Å². The van der Waals surface area contributed by atoms with E-state index in [9.17, 15) is 8.42 Å². The summed E-state index contributed by atoms with van der Waals surface area (Å²) in [7, 11) is -3.31. The number of sulfonamides is 1. The predicted octanol–water partition coefficient (Wildman–Crippen LogP) is 2.06. The fraction of sp³-hybridized carbons (Fsp3) is 0.667. The van der Waals surface area contributed by atoms with E-state index < -0.39 is 10.0 Å². The van der Waals surface area contributed by atoms with E-state index in [1.54, 1.807) is 10.4 Å². The van der Waals surface area contributed by atoms with Gasteiger partial charge in [0, 0.05) is 18.0 Å². The second-order valence-corrected chi connectivity index (χ2v) is 7.50. The molecule has 0 unspecified atom stereocenters. The second-order valence-electron chi connectivity index (χ2n) is 4.16. The molecule has 6 heteroatoms. The minimum atomic E-state index is -3.31. The molecule has 4 nitrogen and oxygen atoms in total. The fourth-order valence-corrected chi connectivity index (χ4v) is 4.90. The van der Waals surface area contributed by atoms with Gasteiger partial charge >= 0.3 is 0 Å². The Hall–Kier alpha value is -0.430. The van der Waals surface area contributed by atoms with Gasteiger partial charge in [-0.3, -0.25) is 0 Å². The maximum Gasteiger partial charge on any atom is 0.252 e. The zero-order valence-corrected chi connectivity index (χ0v) is 12.7. The summed E-state index contributed by atoms with van der Waals surface area (Å²) in [5.41, 5.74) is 5.48. The first-order chi connectivity index (χ1) is 8.56. The van der Waals surface area contributed by atoms with Crippen LogP contribution in [0, 0.1) is 0 Å². The lowest BCUT2D eigenvalue weighted by atomic mass is 10.3. The van der Waals surface area contributed by atoms with Crippen LogP contribution in [0.25, 0.3) is 0 Å². The van der Waals surface area contributed by atoms with Gasteiger partial charge in [-0.2, -0.15) is 4.31 Å². The Morgan fingerprint density at radius 2 is 1.83 bits per heavy atom. The van der Waals surface area contributed by atoms with Gasteiger partial charge in [0.1, 0.15) is 4.21 Å². The van der Waals surface area contributed by atoms with Crippen LogP contribution in [0.2, 0.25) is 0 Å². The Labute approximate surface area is 114 Å². The molecule has 0 aliphatic heterocycles. The Balaban J connectivity index is 2.94. The molecule has 1 rings (SSSR count). The van der Waals surface area contributed by atoms with Crippen LogP contribution in [0.1, 0.15) is 31.6 Å². The van der Waals surface area contributed by atoms with E-state index in [0.717, 1.165) is 24.1 Å². The molecule has 0 saturated carbocycles. The normalized spacial score (nSPS) is 12.2. The summed E-state index contributed by atoms with van der Waals surface area (Å²) in [6, 6.07) is 3.56. The minimum Gasteiger partial charge on any atom is -0.330 e. The third-order valence-electron chi connectivity index (χ3n) is 2.57. The summed E-state index contributed by atoms with van der Waals surface area (Å²) in [5.74, 6) is 0. The fourth-order valence-electron chi connectivity index (χ4n) is 1.75. The summed E-state index contributed by atoms with van der Waals surface area (Å²) in [6.45, 7) is 5.70. The van der Waals surface area contributed by atoms with Crippen molar-refractivity contribution < 1.29 is 8.42 Å². The Kier molecular flexibility index (Phi) is 6.28. The van der Waals surface area contributed by atoms with Crippen LogP contribution >= 0.6 is 11.3 Å². The summed E-state index contributed by atoms with van der Waals surface area (Å²) >= 11 is 1.33. The summed E-state index contributed by atoms with van der Waals surface area (Å²) in [5, 5.41) is 0. The van der Waals surface area contributed by atoms with E-state index in [1.807, 2.05) is 19.9 Å². The van der Waals surface area contributed by atoms with Gasteiger partial charge in [-0.15, -0.1) is 11.3 Å². The predicted molar refractivity (Wildman–Crippen MR) is 76.4 cm³/mol. The van der Waals surface area contributed by atoms with E-state index in [0.29, 0.717) is 23.8 Å². The number of hydrogen-bond donors (Lipinski definition) is 1. The third kappa shape index (κ3) is 3.78. The quantitative estimate of drug-likeness (QED) is 0.797. The molecule has 0 atom stereocenters. The van der Waals surface area contributed by atoms with Gasteiger partial charge in [0.15, 0.2) is 0 Å². The van der Waals surface area contributed by atoms with Gasteiger partial charge in [0.2, 0.25) is 0 Å². The van der Waals surface area contributed by atoms with Crippen molar-refractivity contribution in [3.63, 3.8) is 0 Å². The van der Waals surface area contributed by atoms with Crippen LogP contribution in [-0.2, 0) is 16.4 Å². The van der Waals surface area contributed by atoms with Crippen molar-refractivity contribution in [3.05, 3.63) is 17.0 Å². The van der Waals surface area contributed by atoms with Gasteiger partial charge in [-0.25, -0.2) is 8.42 Å². The van der Waals surface area contributed by atoms with Gasteiger partial charge in [-0.1, -0.05) is 13.8 Å². The monoisotopic (exact) mass is 290 g/mol. The molecule has 0 aliphatic rings. The molecule has 0 bridgehead atoms. The van der Waals surface area contributed by atoms with E-state index in [4.69, 9.17) is 5.73 Å². The first kappa shape index (κ1) is 15.6. The van der Waals surface area contributed by atoms with Gasteiger partial charge < -0.3 is 5.73 Å². The van der Waals surface area contributed by atoms with Crippen LogP contribution < -0.4 is 5.73 Å². The molecule has 0 radical (unpaired) electrons. The van der Waals surface area contributed by atoms with E-state index >= 15 is 0 Å². The molecule has 2 N–H and O–H groups in total. The van der Waals surface area contributed by atoms with E-state index in [-0.39, 0.29) is 0 Å². The van der Waals surface area contributed by atoms with Crippen molar-refractivity contribution in [2.45, 2.75) is 37.3 Å². The molecule has 0 aromatic carbocycles. The highest BCUT2D eigenvalue weighted by atomic mass is 32.2. The van der Waals surface area contributed by atoms with Crippen molar-refractivity contribution in [2.24, 2.45) is 5.73 Å². The van der Waals surface area contributed by atoms with Gasteiger partial charge in [0.05, 0.1) is 0 Å². The van der Waals surface area contributed by atoms with Crippen LogP contribution in [-0.4, -0.2) is 32.4 Å². The highest BCUT2D eigenvalue weighted by Crippen LogP contribution is 2.25. The van der Waals surface area contributed by atoms with Crippen molar-refractivity contribution in [2.75, 3.05) is 19.6 Å². The average Bonchev–Trinajstić information content (AvgIpc) is 2.78. The van der Waals surface area contributed by atoms with Crippen molar-refractivity contribution in [1.29, 1.82) is 0 Å². The van der Waals surface area contributed by atoms with E-state index in [1.165, 1.54) is 11.3 Å². The minimum absolute atomic E-state index is 0.438. The SMILES string of the molecule is CCCN(CCC)S(=O)(=O)c1ccc(CCN)s1. The maximum absolute atomic E-state index is 12.4. The lowest BCUT2D eigenvalue weighted by Crippen LogP contribution is -2.32. The molecular weight excluding hydrogens is 268 g/mol. The smallest absolute Gasteiger partial charge is 0.252 e. The number of rotatable bonds is 8. The highest BCUT2D eigenvalue weighted by molar-refractivity contribution is 7.91. The van der Waals surface area contributed by atoms with Crippen LogP contribution in [0.3, 0.4) is 0 Å². The van der Waals surface area contributed by atoms with Crippen LogP contribution in [0.4, 0.5) is 0 Å². The molecule has 0 fully saturated rings. The van der Waals surface area contributed by atoms with Crippen molar-refractivity contribution in [1.82, 2.24) is 4.31 Å². The average molecular weight is 290 g/mol. The lowest BCUT2D eigenvalue weighted by molar-refractivity contribution is 0.411. The number of nitrogens with two attached hydrogens (primary N) is 1. The zero-order valence-electron chi connectivity index (χ0n) is 11.1. The summed E-state index contributed by atoms with van der Waals surface area (Å²) in [6.07, 6.45) is 2.41. The molecule has 0 saturated heterocycles. The Morgan fingerprint density at radius 3 is 2.33 bits per heavy atom. The molecule has 0 amide bonds. The highest BCUT2D eigenvalue weighted by Gasteiger charge is 2.24. The number of nitrogens with zero attached hydrogens (tertiary/aromatic N) is 1. The van der Waals surface area contributed by atoms with E-state index in [2.05, 4.69) is 0 Å². The summed E-state index contributed by atoms with van der Waals surface area (Å²) in [4.78, 5) is 1.03. The lowest BCUT2D eigenvalue weighted by Gasteiger charge is -2.19. The van der Waals surface area contributed by atoms with Crippen molar-refractivity contribution in [3.8, 4) is 0 Å². The molecule has 18 heavy (non-hydrogen) atoms. The summed E-state index contributed by atoms with van der Waals surface area (Å²) < 4.78 is 26.9. The molecule has 1 heterocycles.